The molecule has 1 aromatic rings. The maximum Gasteiger partial charge on any atom is 0.573 e. The van der Waals surface area contributed by atoms with E-state index in [2.05, 4.69) is 4.74 Å². The molecule has 2 nitrogen and oxygen atoms in total. The van der Waals surface area contributed by atoms with E-state index in [1.54, 1.807) is 12.1 Å². The fourth-order valence-electron chi connectivity index (χ4n) is 2.75. The van der Waals surface area contributed by atoms with Gasteiger partial charge in [0.2, 0.25) is 0 Å². The number of aliphatic hydroxyl groups excluding tert-OH is 1. The lowest BCUT2D eigenvalue weighted by molar-refractivity contribution is -0.274. The van der Waals surface area contributed by atoms with Crippen LogP contribution >= 0.6 is 0 Å². The number of ether oxygens (including phenoxy) is 1. The topological polar surface area (TPSA) is 29.5 Å². The van der Waals surface area contributed by atoms with Crippen molar-refractivity contribution in [2.45, 2.75) is 38.5 Å². The van der Waals surface area contributed by atoms with Crippen LogP contribution in [-0.4, -0.2) is 18.1 Å². The molecule has 0 atom stereocenters. The van der Waals surface area contributed by atoms with Gasteiger partial charge in [-0.15, -0.1) is 13.2 Å². The Hall–Kier alpha value is -1.49. The predicted octanol–water partition coefficient (Wildman–Crippen LogP) is 4.54. The molecule has 0 bridgehead atoms. The molecule has 0 heterocycles. The molecule has 0 unspecified atom stereocenters. The Morgan fingerprint density at radius 3 is 2.29 bits per heavy atom. The molecule has 5 heteroatoms. The van der Waals surface area contributed by atoms with Gasteiger partial charge in [0.25, 0.3) is 0 Å². The minimum atomic E-state index is -4.67. The number of halogens is 3. The average Bonchev–Trinajstić information content (AvgIpc) is 2.46. The number of rotatable bonds is 4. The lowest BCUT2D eigenvalue weighted by Crippen LogP contribution is -2.17. The summed E-state index contributed by atoms with van der Waals surface area (Å²) in [6, 6.07) is 5.71. The summed E-state index contributed by atoms with van der Waals surface area (Å²) in [5, 5.41) is 9.51. The number of hydrogen-bond acceptors (Lipinski definition) is 2. The second-order valence-corrected chi connectivity index (χ2v) is 5.33. The summed E-state index contributed by atoms with van der Waals surface area (Å²) in [5.74, 6) is 0.151. The van der Waals surface area contributed by atoms with Crippen LogP contribution in [0.4, 0.5) is 13.2 Å². The van der Waals surface area contributed by atoms with Crippen molar-refractivity contribution in [3.05, 3.63) is 35.4 Å². The molecule has 0 aliphatic heterocycles. The molecule has 1 N–H and O–H groups in total. The molecule has 1 aliphatic carbocycles. The number of aliphatic hydroxyl groups is 1. The number of hydrogen-bond donors (Lipinski definition) is 1. The quantitative estimate of drug-likeness (QED) is 0.884. The van der Waals surface area contributed by atoms with Crippen molar-refractivity contribution < 1.29 is 23.0 Å². The van der Waals surface area contributed by atoms with Gasteiger partial charge in [-0.05, 0) is 42.0 Å². The highest BCUT2D eigenvalue weighted by Crippen LogP contribution is 2.31. The van der Waals surface area contributed by atoms with Gasteiger partial charge in [0.1, 0.15) is 5.75 Å². The van der Waals surface area contributed by atoms with Crippen LogP contribution in [0.2, 0.25) is 0 Å². The molecule has 1 fully saturated rings. The van der Waals surface area contributed by atoms with E-state index in [-0.39, 0.29) is 12.4 Å². The van der Waals surface area contributed by atoms with Gasteiger partial charge >= 0.3 is 6.36 Å². The molecule has 0 spiro atoms. The zero-order valence-corrected chi connectivity index (χ0v) is 11.7. The van der Waals surface area contributed by atoms with Crippen LogP contribution in [0.15, 0.2) is 29.8 Å². The largest absolute Gasteiger partial charge is 0.573 e. The Morgan fingerprint density at radius 1 is 1.14 bits per heavy atom. The first kappa shape index (κ1) is 15.9. The van der Waals surface area contributed by atoms with Crippen molar-refractivity contribution in [2.75, 3.05) is 6.61 Å². The van der Waals surface area contributed by atoms with Crippen molar-refractivity contribution in [3.8, 4) is 5.75 Å². The van der Waals surface area contributed by atoms with E-state index >= 15 is 0 Å². The van der Waals surface area contributed by atoms with Gasteiger partial charge in [0, 0.05) is 0 Å². The Morgan fingerprint density at radius 2 is 1.76 bits per heavy atom. The molecule has 0 radical (unpaired) electrons. The maximum atomic E-state index is 12.1. The molecular weight excluding hydrogens is 281 g/mol. The molecule has 0 aromatic heterocycles. The van der Waals surface area contributed by atoms with Gasteiger partial charge in [0.15, 0.2) is 0 Å². The molecule has 116 valence electrons. The predicted molar refractivity (Wildman–Crippen MR) is 74.8 cm³/mol. The van der Waals surface area contributed by atoms with Gasteiger partial charge < -0.3 is 9.84 Å². The average molecular weight is 300 g/mol. The van der Waals surface area contributed by atoms with Crippen molar-refractivity contribution in [1.29, 1.82) is 0 Å². The number of alkyl halides is 3. The van der Waals surface area contributed by atoms with E-state index in [1.807, 2.05) is 6.08 Å². The first-order valence-corrected chi connectivity index (χ1v) is 7.15. The van der Waals surface area contributed by atoms with Crippen LogP contribution in [-0.2, 0) is 0 Å². The summed E-state index contributed by atoms with van der Waals surface area (Å²) >= 11 is 0. The van der Waals surface area contributed by atoms with Gasteiger partial charge in [0.05, 0.1) is 6.61 Å². The standard InChI is InChI=1S/C16H19F3O2/c17-16(18,19)21-15-8-6-12(7-9-15)10-14(11-20)13-4-2-1-3-5-13/h6-10,13,20H,1-5,11H2/b14-10-. The molecule has 1 aliphatic rings. The van der Waals surface area contributed by atoms with E-state index < -0.39 is 6.36 Å². The van der Waals surface area contributed by atoms with Crippen molar-refractivity contribution in [1.82, 2.24) is 0 Å². The van der Waals surface area contributed by atoms with E-state index in [0.717, 1.165) is 24.0 Å². The molecular formula is C16H19F3O2. The van der Waals surface area contributed by atoms with E-state index in [9.17, 15) is 18.3 Å². The van der Waals surface area contributed by atoms with Gasteiger partial charge in [-0.3, -0.25) is 0 Å². The molecule has 0 amide bonds. The lowest BCUT2D eigenvalue weighted by atomic mass is 9.83. The van der Waals surface area contributed by atoms with Crippen LogP contribution in [0.3, 0.4) is 0 Å². The maximum absolute atomic E-state index is 12.1. The summed E-state index contributed by atoms with van der Waals surface area (Å²) in [5.41, 5.74) is 1.73. The first-order valence-electron chi connectivity index (χ1n) is 7.15. The fourth-order valence-corrected chi connectivity index (χ4v) is 2.75. The highest BCUT2D eigenvalue weighted by Gasteiger charge is 2.30. The molecule has 2 rings (SSSR count). The summed E-state index contributed by atoms with van der Waals surface area (Å²) in [6.07, 6.45) is 2.91. The van der Waals surface area contributed by atoms with Gasteiger partial charge in [-0.25, -0.2) is 0 Å². The smallest absolute Gasteiger partial charge is 0.406 e. The Labute approximate surface area is 122 Å². The molecule has 1 saturated carbocycles. The van der Waals surface area contributed by atoms with Gasteiger partial charge in [-0.1, -0.05) is 37.5 Å². The Balaban J connectivity index is 2.07. The fraction of sp³-hybridized carbons (Fsp3) is 0.500. The second-order valence-electron chi connectivity index (χ2n) is 5.33. The molecule has 21 heavy (non-hydrogen) atoms. The van der Waals surface area contributed by atoms with Gasteiger partial charge in [-0.2, -0.15) is 0 Å². The van der Waals surface area contributed by atoms with Crippen LogP contribution in [0.5, 0.6) is 5.75 Å². The van der Waals surface area contributed by atoms with Crippen LogP contribution in [0, 0.1) is 5.92 Å². The zero-order chi connectivity index (χ0) is 15.3. The Kier molecular flexibility index (Phi) is 5.28. The lowest BCUT2D eigenvalue weighted by Gasteiger charge is -2.23. The minimum Gasteiger partial charge on any atom is -0.406 e. The summed E-state index contributed by atoms with van der Waals surface area (Å²) < 4.78 is 40.1. The molecule has 1 aromatic carbocycles. The summed E-state index contributed by atoms with van der Waals surface area (Å²) in [6.45, 7) is -0.00846. The van der Waals surface area contributed by atoms with Crippen LogP contribution in [0.1, 0.15) is 37.7 Å². The van der Waals surface area contributed by atoms with Crippen LogP contribution < -0.4 is 4.74 Å². The number of benzene rings is 1. The summed E-state index contributed by atoms with van der Waals surface area (Å²) in [4.78, 5) is 0. The third-order valence-corrected chi connectivity index (χ3v) is 3.78. The second kappa shape index (κ2) is 6.98. The molecule has 0 saturated heterocycles. The van der Waals surface area contributed by atoms with E-state index in [0.29, 0.717) is 5.92 Å². The zero-order valence-electron chi connectivity index (χ0n) is 11.7. The Bertz CT molecular complexity index is 471. The van der Waals surface area contributed by atoms with Crippen molar-refractivity contribution >= 4 is 6.08 Å². The van der Waals surface area contributed by atoms with E-state index in [4.69, 9.17) is 0 Å². The van der Waals surface area contributed by atoms with Crippen LogP contribution in [0.25, 0.3) is 6.08 Å². The highest BCUT2D eigenvalue weighted by molar-refractivity contribution is 5.54. The SMILES string of the molecule is OC/C(=C/c1ccc(OC(F)(F)F)cc1)C1CCCCC1. The van der Waals surface area contributed by atoms with Crippen molar-refractivity contribution in [3.63, 3.8) is 0 Å². The third kappa shape index (κ3) is 5.08. The highest BCUT2D eigenvalue weighted by atomic mass is 19.4. The van der Waals surface area contributed by atoms with Crippen molar-refractivity contribution in [2.24, 2.45) is 5.92 Å². The first-order chi connectivity index (χ1) is 9.98. The normalized spacial score (nSPS) is 17.8. The third-order valence-electron chi connectivity index (χ3n) is 3.78. The minimum absolute atomic E-state index is 0.00846. The van der Waals surface area contributed by atoms with E-state index in [1.165, 1.54) is 31.4 Å². The monoisotopic (exact) mass is 300 g/mol. The summed E-state index contributed by atoms with van der Waals surface area (Å²) in [7, 11) is 0.